The van der Waals surface area contributed by atoms with E-state index in [-0.39, 0.29) is 5.92 Å². The molecule has 2 fully saturated rings. The third-order valence-corrected chi connectivity index (χ3v) is 4.70. The van der Waals surface area contributed by atoms with Gasteiger partial charge in [0.15, 0.2) is 5.82 Å². The Morgan fingerprint density at radius 1 is 1.21 bits per heavy atom. The molecule has 0 amide bonds. The lowest BCUT2D eigenvalue weighted by atomic mass is 9.78. The van der Waals surface area contributed by atoms with Gasteiger partial charge in [0.25, 0.3) is 0 Å². The van der Waals surface area contributed by atoms with Gasteiger partial charge in [0, 0.05) is 35.6 Å². The Balaban J connectivity index is 1.48. The molecule has 2 aliphatic rings. The van der Waals surface area contributed by atoms with E-state index in [1.165, 1.54) is 12.8 Å². The summed E-state index contributed by atoms with van der Waals surface area (Å²) < 4.78 is 5.24. The second-order valence-electron chi connectivity index (χ2n) is 7.30. The maximum absolute atomic E-state index is 5.93. The molecule has 2 heterocycles. The van der Waals surface area contributed by atoms with Crippen LogP contribution in [-0.2, 0) is 6.54 Å². The molecule has 0 radical (unpaired) electrons. The van der Waals surface area contributed by atoms with Crippen LogP contribution in [0.4, 0.5) is 5.82 Å². The number of nitrogens with two attached hydrogens (primary N) is 1. The topological polar surface area (TPSA) is 103 Å². The first kappa shape index (κ1) is 15.5. The molecule has 24 heavy (non-hydrogen) atoms. The third kappa shape index (κ3) is 3.26. The zero-order valence-corrected chi connectivity index (χ0v) is 14.2. The monoisotopic (exact) mass is 328 g/mol. The Bertz CT molecular complexity index is 718. The number of aromatic nitrogens is 4. The molecule has 0 unspecified atom stereocenters. The van der Waals surface area contributed by atoms with Gasteiger partial charge in [-0.1, -0.05) is 19.0 Å². The lowest BCUT2D eigenvalue weighted by Gasteiger charge is -2.32. The summed E-state index contributed by atoms with van der Waals surface area (Å²) in [6, 6.07) is 2.37. The van der Waals surface area contributed by atoms with Gasteiger partial charge in [0.2, 0.25) is 5.89 Å². The van der Waals surface area contributed by atoms with Gasteiger partial charge in [-0.3, -0.25) is 0 Å². The first-order valence-electron chi connectivity index (χ1n) is 8.79. The van der Waals surface area contributed by atoms with E-state index in [1.807, 2.05) is 19.9 Å². The number of rotatable bonds is 6. The van der Waals surface area contributed by atoms with Gasteiger partial charge < -0.3 is 15.6 Å². The first-order valence-corrected chi connectivity index (χ1v) is 8.79. The van der Waals surface area contributed by atoms with Crippen LogP contribution in [-0.4, -0.2) is 26.2 Å². The van der Waals surface area contributed by atoms with E-state index >= 15 is 0 Å². The molecule has 128 valence electrons. The first-order chi connectivity index (χ1) is 11.6. The molecule has 4 rings (SSSR count). The normalized spacial score (nSPS) is 23.3. The third-order valence-electron chi connectivity index (χ3n) is 4.70. The number of nitrogens with one attached hydrogen (secondary N) is 1. The van der Waals surface area contributed by atoms with Crippen LogP contribution in [0, 0.1) is 0 Å². The average molecular weight is 328 g/mol. The molecule has 0 saturated heterocycles. The van der Waals surface area contributed by atoms with Gasteiger partial charge in [-0.25, -0.2) is 9.97 Å². The molecule has 2 aliphatic carbocycles. The minimum absolute atomic E-state index is 0.237. The van der Waals surface area contributed by atoms with Crippen molar-refractivity contribution < 1.29 is 4.52 Å². The summed E-state index contributed by atoms with van der Waals surface area (Å²) in [5, 5.41) is 7.33. The van der Waals surface area contributed by atoms with Crippen LogP contribution >= 0.6 is 0 Å². The van der Waals surface area contributed by atoms with Gasteiger partial charge >= 0.3 is 0 Å². The van der Waals surface area contributed by atoms with Crippen molar-refractivity contribution in [3.8, 4) is 0 Å². The molecule has 3 N–H and O–H groups in total. The highest BCUT2D eigenvalue weighted by atomic mass is 16.5. The van der Waals surface area contributed by atoms with Crippen molar-refractivity contribution in [3.63, 3.8) is 0 Å². The number of anilines is 1. The number of nitrogens with zero attached hydrogens (tertiary/aromatic N) is 4. The van der Waals surface area contributed by atoms with Crippen molar-refractivity contribution in [1.29, 1.82) is 0 Å². The zero-order chi connectivity index (χ0) is 16.7. The van der Waals surface area contributed by atoms with Crippen LogP contribution in [0.5, 0.6) is 0 Å². The molecule has 7 heteroatoms. The molecule has 0 aromatic carbocycles. The van der Waals surface area contributed by atoms with Crippen LogP contribution in [0.1, 0.15) is 80.5 Å². The fraction of sp³-hybridized carbons (Fsp3) is 0.647. The molecule has 7 nitrogen and oxygen atoms in total. The fourth-order valence-corrected chi connectivity index (χ4v) is 2.96. The van der Waals surface area contributed by atoms with Gasteiger partial charge in [0.1, 0.15) is 11.6 Å². The van der Waals surface area contributed by atoms with E-state index < -0.39 is 0 Å². The molecular weight excluding hydrogens is 304 g/mol. The van der Waals surface area contributed by atoms with Crippen LogP contribution < -0.4 is 11.1 Å². The minimum atomic E-state index is 0.237. The molecule has 0 atom stereocenters. The van der Waals surface area contributed by atoms with Crippen molar-refractivity contribution in [3.05, 3.63) is 29.3 Å². The van der Waals surface area contributed by atoms with E-state index in [2.05, 4.69) is 20.4 Å². The lowest BCUT2D eigenvalue weighted by Crippen LogP contribution is -2.35. The van der Waals surface area contributed by atoms with Crippen molar-refractivity contribution in [2.75, 3.05) is 5.32 Å². The van der Waals surface area contributed by atoms with Crippen LogP contribution in [0.15, 0.2) is 10.6 Å². The molecular formula is C17H24N6O. The SMILES string of the molecule is CC(C)c1nc(CNc2cc(C3CC(N)C3)nc(C3CC3)n2)no1. The Kier molecular flexibility index (Phi) is 3.96. The second kappa shape index (κ2) is 6.12. The van der Waals surface area contributed by atoms with E-state index in [0.29, 0.717) is 36.1 Å². The van der Waals surface area contributed by atoms with Crippen molar-refractivity contribution in [2.24, 2.45) is 5.73 Å². The predicted octanol–water partition coefficient (Wildman–Crippen LogP) is 2.68. The Morgan fingerprint density at radius 3 is 2.62 bits per heavy atom. The van der Waals surface area contributed by atoms with Gasteiger partial charge in [-0.05, 0) is 25.7 Å². The van der Waals surface area contributed by atoms with E-state index in [0.717, 1.165) is 30.2 Å². The maximum Gasteiger partial charge on any atom is 0.229 e. The van der Waals surface area contributed by atoms with Crippen molar-refractivity contribution >= 4 is 5.82 Å². The molecule has 2 aromatic heterocycles. The average Bonchev–Trinajstić information content (AvgIpc) is 3.27. The van der Waals surface area contributed by atoms with Crippen LogP contribution in [0.2, 0.25) is 0 Å². The molecule has 0 aliphatic heterocycles. The largest absolute Gasteiger partial charge is 0.363 e. The highest BCUT2D eigenvalue weighted by Crippen LogP contribution is 2.41. The lowest BCUT2D eigenvalue weighted by molar-refractivity contribution is 0.344. The Morgan fingerprint density at radius 2 is 2.00 bits per heavy atom. The molecule has 0 bridgehead atoms. The molecule has 2 saturated carbocycles. The number of hydrogen-bond donors (Lipinski definition) is 2. The smallest absolute Gasteiger partial charge is 0.229 e. The molecule has 2 aromatic rings. The maximum atomic E-state index is 5.93. The summed E-state index contributed by atoms with van der Waals surface area (Å²) in [6.45, 7) is 4.57. The summed E-state index contributed by atoms with van der Waals surface area (Å²) in [5.74, 6) is 4.36. The second-order valence-corrected chi connectivity index (χ2v) is 7.30. The van der Waals surface area contributed by atoms with Gasteiger partial charge in [0.05, 0.1) is 6.54 Å². The summed E-state index contributed by atoms with van der Waals surface area (Å²) >= 11 is 0. The summed E-state index contributed by atoms with van der Waals surface area (Å²) in [7, 11) is 0. The van der Waals surface area contributed by atoms with E-state index in [4.69, 9.17) is 15.2 Å². The summed E-state index contributed by atoms with van der Waals surface area (Å²) in [4.78, 5) is 13.8. The highest BCUT2D eigenvalue weighted by Gasteiger charge is 2.32. The predicted molar refractivity (Wildman–Crippen MR) is 89.7 cm³/mol. The Labute approximate surface area is 141 Å². The zero-order valence-electron chi connectivity index (χ0n) is 14.2. The van der Waals surface area contributed by atoms with Crippen molar-refractivity contribution in [1.82, 2.24) is 20.1 Å². The number of hydrogen-bond acceptors (Lipinski definition) is 7. The molecule has 0 spiro atoms. The van der Waals surface area contributed by atoms with Gasteiger partial charge in [-0.2, -0.15) is 4.98 Å². The quantitative estimate of drug-likeness (QED) is 0.840. The van der Waals surface area contributed by atoms with Crippen LogP contribution in [0.25, 0.3) is 0 Å². The standard InChI is InChI=1S/C17H24N6O/c1-9(2)17-22-15(23-24-17)8-19-14-7-13(11-5-12(18)6-11)20-16(21-14)10-3-4-10/h7,9-12H,3-6,8,18H2,1-2H3,(H,19,20,21). The summed E-state index contributed by atoms with van der Waals surface area (Å²) in [5.41, 5.74) is 7.05. The highest BCUT2D eigenvalue weighted by molar-refractivity contribution is 5.39. The van der Waals surface area contributed by atoms with Crippen molar-refractivity contribution in [2.45, 2.75) is 69.9 Å². The minimum Gasteiger partial charge on any atom is -0.363 e. The Hall–Kier alpha value is -2.02. The van der Waals surface area contributed by atoms with E-state index in [9.17, 15) is 0 Å². The summed E-state index contributed by atoms with van der Waals surface area (Å²) in [6.07, 6.45) is 4.41. The van der Waals surface area contributed by atoms with E-state index in [1.54, 1.807) is 0 Å². The van der Waals surface area contributed by atoms with Gasteiger partial charge in [-0.15, -0.1) is 0 Å². The van der Waals surface area contributed by atoms with Crippen LogP contribution in [0.3, 0.4) is 0 Å². The fourth-order valence-electron chi connectivity index (χ4n) is 2.96.